The maximum absolute atomic E-state index is 5.98. The lowest BCUT2D eigenvalue weighted by Gasteiger charge is -2.29. The number of hydrogen-bond acceptors (Lipinski definition) is 3. The van der Waals surface area contributed by atoms with Crippen molar-refractivity contribution in [3.8, 4) is 0 Å². The van der Waals surface area contributed by atoms with Gasteiger partial charge in [-0.15, -0.1) is 0 Å². The lowest BCUT2D eigenvalue weighted by Crippen LogP contribution is -2.29. The highest BCUT2D eigenvalue weighted by molar-refractivity contribution is 6.31. The maximum atomic E-state index is 5.98. The van der Waals surface area contributed by atoms with Crippen LogP contribution < -0.4 is 10.6 Å². The van der Waals surface area contributed by atoms with Crippen LogP contribution in [0.2, 0.25) is 5.02 Å². The van der Waals surface area contributed by atoms with Crippen molar-refractivity contribution in [2.24, 2.45) is 5.92 Å². The second-order valence-corrected chi connectivity index (χ2v) is 5.08. The Morgan fingerprint density at radius 1 is 1.41 bits per heavy atom. The van der Waals surface area contributed by atoms with Crippen LogP contribution in [0.4, 0.5) is 11.4 Å². The van der Waals surface area contributed by atoms with Crippen LogP contribution in [0.3, 0.4) is 0 Å². The number of ether oxygens (including phenoxy) is 1. The third kappa shape index (κ3) is 3.27. The van der Waals surface area contributed by atoms with Gasteiger partial charge in [0, 0.05) is 31.8 Å². The van der Waals surface area contributed by atoms with Crippen LogP contribution in [-0.4, -0.2) is 26.8 Å². The number of nitrogens with two attached hydrogens (primary N) is 1. The Morgan fingerprint density at radius 3 is 2.76 bits per heavy atom. The summed E-state index contributed by atoms with van der Waals surface area (Å²) in [6.45, 7) is 2.79. The lowest BCUT2D eigenvalue weighted by molar-refractivity contribution is 0.0685. The molecule has 4 heteroatoms. The van der Waals surface area contributed by atoms with E-state index in [0.717, 1.165) is 44.0 Å². The largest absolute Gasteiger partial charge is 0.397 e. The molecule has 1 aliphatic rings. The summed E-state index contributed by atoms with van der Waals surface area (Å²) in [5.41, 5.74) is 7.78. The van der Waals surface area contributed by atoms with Gasteiger partial charge in [0.25, 0.3) is 0 Å². The van der Waals surface area contributed by atoms with Gasteiger partial charge in [-0.2, -0.15) is 0 Å². The first-order chi connectivity index (χ1) is 8.16. The topological polar surface area (TPSA) is 38.5 Å². The summed E-state index contributed by atoms with van der Waals surface area (Å²) < 4.78 is 5.37. The highest BCUT2D eigenvalue weighted by Gasteiger charge is 2.16. The van der Waals surface area contributed by atoms with Gasteiger partial charge in [-0.05, 0) is 37.0 Å². The number of rotatable bonds is 3. The van der Waals surface area contributed by atoms with Gasteiger partial charge < -0.3 is 15.4 Å². The second kappa shape index (κ2) is 5.61. The molecule has 0 aliphatic carbocycles. The van der Waals surface area contributed by atoms with Crippen LogP contribution in [0.1, 0.15) is 12.8 Å². The van der Waals surface area contributed by atoms with E-state index >= 15 is 0 Å². The van der Waals surface area contributed by atoms with E-state index in [1.807, 2.05) is 12.1 Å². The fraction of sp³-hybridized carbons (Fsp3) is 0.538. The minimum atomic E-state index is 0.686. The molecule has 1 aliphatic heterocycles. The van der Waals surface area contributed by atoms with E-state index in [1.165, 1.54) is 0 Å². The number of nitrogens with zero attached hydrogens (tertiary/aromatic N) is 1. The number of benzene rings is 1. The fourth-order valence-corrected chi connectivity index (χ4v) is 2.47. The highest BCUT2D eigenvalue weighted by Crippen LogP contribution is 2.27. The first-order valence-electron chi connectivity index (χ1n) is 6.00. The van der Waals surface area contributed by atoms with E-state index in [9.17, 15) is 0 Å². The van der Waals surface area contributed by atoms with Gasteiger partial charge >= 0.3 is 0 Å². The molecule has 0 atom stereocenters. The zero-order valence-corrected chi connectivity index (χ0v) is 10.9. The molecule has 2 N–H and O–H groups in total. The van der Waals surface area contributed by atoms with E-state index < -0.39 is 0 Å². The van der Waals surface area contributed by atoms with Crippen LogP contribution in [0.25, 0.3) is 0 Å². The maximum Gasteiger partial charge on any atom is 0.0598 e. The Bertz CT molecular complexity index is 378. The zero-order valence-electron chi connectivity index (χ0n) is 10.2. The van der Waals surface area contributed by atoms with Crippen molar-refractivity contribution in [2.45, 2.75) is 12.8 Å². The predicted molar refractivity (Wildman–Crippen MR) is 72.7 cm³/mol. The Balaban J connectivity index is 2.00. The van der Waals surface area contributed by atoms with Gasteiger partial charge in [-0.25, -0.2) is 0 Å². The molecule has 17 heavy (non-hydrogen) atoms. The smallest absolute Gasteiger partial charge is 0.0598 e. The molecule has 1 aromatic rings. The summed E-state index contributed by atoms with van der Waals surface area (Å²) in [7, 11) is 2.08. The minimum Gasteiger partial charge on any atom is -0.397 e. The third-order valence-corrected chi connectivity index (χ3v) is 3.51. The molecule has 3 nitrogen and oxygen atoms in total. The van der Waals surface area contributed by atoms with E-state index in [-0.39, 0.29) is 0 Å². The third-order valence-electron chi connectivity index (χ3n) is 3.27. The van der Waals surface area contributed by atoms with Gasteiger partial charge in [0.2, 0.25) is 0 Å². The average Bonchev–Trinajstić information content (AvgIpc) is 2.30. The molecule has 1 saturated heterocycles. The summed E-state index contributed by atoms with van der Waals surface area (Å²) in [6, 6.07) is 5.67. The molecular weight excluding hydrogens is 236 g/mol. The summed E-state index contributed by atoms with van der Waals surface area (Å²) in [5, 5.41) is 0.686. The Labute approximate surface area is 107 Å². The quantitative estimate of drug-likeness (QED) is 0.843. The summed E-state index contributed by atoms with van der Waals surface area (Å²) in [5.74, 6) is 0.698. The van der Waals surface area contributed by atoms with Crippen molar-refractivity contribution in [1.82, 2.24) is 0 Å². The molecular formula is C13H19ClN2O. The molecule has 1 aromatic carbocycles. The predicted octanol–water partition coefficient (Wildman–Crippen LogP) is 2.79. The molecule has 0 saturated carbocycles. The Kier molecular flexibility index (Phi) is 4.13. The van der Waals surface area contributed by atoms with Crippen molar-refractivity contribution in [2.75, 3.05) is 37.4 Å². The van der Waals surface area contributed by atoms with Crippen LogP contribution in [0.15, 0.2) is 18.2 Å². The summed E-state index contributed by atoms with van der Waals surface area (Å²) in [6.07, 6.45) is 2.27. The van der Waals surface area contributed by atoms with Gasteiger partial charge in [0.15, 0.2) is 0 Å². The van der Waals surface area contributed by atoms with Crippen LogP contribution in [0.5, 0.6) is 0 Å². The molecule has 0 radical (unpaired) electrons. The van der Waals surface area contributed by atoms with Gasteiger partial charge in [-0.1, -0.05) is 11.6 Å². The zero-order chi connectivity index (χ0) is 12.3. The first kappa shape index (κ1) is 12.5. The van der Waals surface area contributed by atoms with Gasteiger partial charge in [0.1, 0.15) is 0 Å². The number of nitrogen functional groups attached to an aromatic ring is 1. The molecule has 0 amide bonds. The molecule has 1 fully saturated rings. The number of halogens is 1. The van der Waals surface area contributed by atoms with Gasteiger partial charge in [-0.3, -0.25) is 0 Å². The molecule has 0 spiro atoms. The van der Waals surface area contributed by atoms with Crippen molar-refractivity contribution in [3.63, 3.8) is 0 Å². The van der Waals surface area contributed by atoms with Crippen molar-refractivity contribution in [3.05, 3.63) is 23.2 Å². The van der Waals surface area contributed by atoms with Crippen LogP contribution >= 0.6 is 11.6 Å². The second-order valence-electron chi connectivity index (χ2n) is 4.64. The molecule has 0 bridgehead atoms. The molecule has 1 heterocycles. The molecule has 94 valence electrons. The molecule has 0 aromatic heterocycles. The van der Waals surface area contributed by atoms with E-state index in [1.54, 1.807) is 6.07 Å². The lowest BCUT2D eigenvalue weighted by atomic mass is 9.99. The number of anilines is 2. The first-order valence-corrected chi connectivity index (χ1v) is 6.38. The monoisotopic (exact) mass is 254 g/mol. The van der Waals surface area contributed by atoms with Crippen LogP contribution in [-0.2, 0) is 4.74 Å². The van der Waals surface area contributed by atoms with E-state index in [0.29, 0.717) is 10.9 Å². The number of hydrogen-bond donors (Lipinski definition) is 1. The Hall–Kier alpha value is -0.930. The SMILES string of the molecule is CN(CC1CCOCC1)c1ccc(Cl)cc1N. The summed E-state index contributed by atoms with van der Waals surface area (Å²) >= 11 is 5.90. The average molecular weight is 255 g/mol. The van der Waals surface area contributed by atoms with Crippen molar-refractivity contribution < 1.29 is 4.74 Å². The fourth-order valence-electron chi connectivity index (χ4n) is 2.29. The summed E-state index contributed by atoms with van der Waals surface area (Å²) in [4.78, 5) is 2.21. The van der Waals surface area contributed by atoms with Crippen molar-refractivity contribution >= 4 is 23.0 Å². The van der Waals surface area contributed by atoms with E-state index in [4.69, 9.17) is 22.1 Å². The van der Waals surface area contributed by atoms with E-state index in [2.05, 4.69) is 11.9 Å². The normalized spacial score (nSPS) is 17.1. The minimum absolute atomic E-state index is 0.686. The molecule has 2 rings (SSSR count). The van der Waals surface area contributed by atoms with Gasteiger partial charge in [0.05, 0.1) is 11.4 Å². The van der Waals surface area contributed by atoms with Crippen molar-refractivity contribution in [1.29, 1.82) is 0 Å². The molecule has 0 unspecified atom stereocenters. The standard InChI is InChI=1S/C13H19ClN2O/c1-16(9-10-4-6-17-7-5-10)13-3-2-11(14)8-12(13)15/h2-3,8,10H,4-7,9,15H2,1H3. The van der Waals surface area contributed by atoms with Crippen LogP contribution in [0, 0.1) is 5.92 Å². The Morgan fingerprint density at radius 2 is 2.12 bits per heavy atom. The highest BCUT2D eigenvalue weighted by atomic mass is 35.5.